The van der Waals surface area contributed by atoms with Crippen LogP contribution < -0.4 is 4.74 Å². The van der Waals surface area contributed by atoms with E-state index in [0.29, 0.717) is 0 Å². The van der Waals surface area contributed by atoms with Crippen LogP contribution in [0.3, 0.4) is 0 Å². The Morgan fingerprint density at radius 3 is 2.31 bits per heavy atom. The van der Waals surface area contributed by atoms with Crippen LogP contribution in [0.25, 0.3) is 11.3 Å². The van der Waals surface area contributed by atoms with Crippen LogP contribution in [0.15, 0.2) is 30.3 Å². The minimum Gasteiger partial charge on any atom is -0.483 e. The highest BCUT2D eigenvalue weighted by Crippen LogP contribution is 2.41. The van der Waals surface area contributed by atoms with Crippen LogP contribution in [0.1, 0.15) is 22.4 Å². The quantitative estimate of drug-likeness (QED) is 0.380. The summed E-state index contributed by atoms with van der Waals surface area (Å²) in [6, 6.07) is 4.96. The summed E-state index contributed by atoms with van der Waals surface area (Å²) in [6.07, 6.45) is -5.35. The number of hydrogen-bond donors (Lipinski definition) is 1. The summed E-state index contributed by atoms with van der Waals surface area (Å²) in [5.74, 6) is -5.40. The van der Waals surface area contributed by atoms with Gasteiger partial charge in [0.2, 0.25) is 0 Å². The van der Waals surface area contributed by atoms with Crippen molar-refractivity contribution in [3.63, 3.8) is 0 Å². The second-order valence-electron chi connectivity index (χ2n) is 6.54. The summed E-state index contributed by atoms with van der Waals surface area (Å²) in [6.45, 7) is -0.909. The predicted molar refractivity (Wildman–Crippen MR) is 104 cm³/mol. The molecule has 3 aromatic rings. The number of aromatic nitrogens is 1. The average Bonchev–Trinajstić information content (AvgIpc) is 3.12. The van der Waals surface area contributed by atoms with E-state index in [9.17, 15) is 31.1 Å². The van der Waals surface area contributed by atoms with Gasteiger partial charge in [0.05, 0.1) is 10.7 Å². The predicted octanol–water partition coefficient (Wildman–Crippen LogP) is 6.50. The molecule has 0 aliphatic rings. The van der Waals surface area contributed by atoms with E-state index in [2.05, 4.69) is 4.37 Å². The minimum absolute atomic E-state index is 0.0257. The van der Waals surface area contributed by atoms with Crippen molar-refractivity contribution in [3.8, 4) is 17.0 Å². The third kappa shape index (κ3) is 5.33. The number of hydrogen-bond acceptors (Lipinski definition) is 4. The molecule has 1 heterocycles. The Morgan fingerprint density at radius 2 is 1.75 bits per heavy atom. The standard InChI is InChI=1S/C20H12ClF6NO3S/c21-12-3-2-10(7-13(12)22)17-11(19(32-28-17)20(25,26)27)8-31-18-14(23)5-9(6-15(18)24)1-4-16(29)30/h2-3,5-7H,1,4,8H2,(H,29,30). The van der Waals surface area contributed by atoms with Crippen molar-refractivity contribution >= 4 is 29.1 Å². The fraction of sp³-hybridized carbons (Fsp3) is 0.200. The number of carboxylic acid groups (broad SMARTS) is 1. The first-order valence-corrected chi connectivity index (χ1v) is 9.96. The van der Waals surface area contributed by atoms with E-state index >= 15 is 0 Å². The monoisotopic (exact) mass is 495 g/mol. The van der Waals surface area contributed by atoms with Gasteiger partial charge in [0.1, 0.15) is 17.3 Å². The summed E-state index contributed by atoms with van der Waals surface area (Å²) in [7, 11) is 0. The van der Waals surface area contributed by atoms with Crippen molar-refractivity contribution in [3.05, 3.63) is 68.8 Å². The maximum absolute atomic E-state index is 14.3. The second kappa shape index (κ2) is 9.37. The van der Waals surface area contributed by atoms with Crippen LogP contribution in [0.5, 0.6) is 5.75 Å². The third-order valence-electron chi connectivity index (χ3n) is 4.29. The zero-order chi connectivity index (χ0) is 23.6. The number of aryl methyl sites for hydroxylation is 1. The van der Waals surface area contributed by atoms with E-state index in [4.69, 9.17) is 21.4 Å². The second-order valence-corrected chi connectivity index (χ2v) is 7.72. The van der Waals surface area contributed by atoms with Crippen molar-refractivity contribution in [2.75, 3.05) is 0 Å². The number of halogens is 7. The molecule has 0 fully saturated rings. The Bertz CT molecular complexity index is 1140. The summed E-state index contributed by atoms with van der Waals surface area (Å²) >= 11 is 5.69. The lowest BCUT2D eigenvalue weighted by Crippen LogP contribution is -2.09. The number of benzene rings is 2. The zero-order valence-corrected chi connectivity index (χ0v) is 17.3. The molecule has 0 atom stereocenters. The van der Waals surface area contributed by atoms with Crippen molar-refractivity contribution in [2.45, 2.75) is 25.6 Å². The van der Waals surface area contributed by atoms with E-state index in [0.717, 1.165) is 24.3 Å². The summed E-state index contributed by atoms with van der Waals surface area (Å²) in [5.41, 5.74) is -0.780. The van der Waals surface area contributed by atoms with Crippen molar-refractivity contribution < 1.29 is 41.0 Å². The molecule has 32 heavy (non-hydrogen) atoms. The lowest BCUT2D eigenvalue weighted by molar-refractivity contribution is -0.137. The molecule has 0 unspecified atom stereocenters. The van der Waals surface area contributed by atoms with Crippen LogP contribution in [0.2, 0.25) is 5.02 Å². The summed E-state index contributed by atoms with van der Waals surface area (Å²) in [4.78, 5) is 9.44. The van der Waals surface area contributed by atoms with Gasteiger partial charge in [0.25, 0.3) is 0 Å². The molecular formula is C20H12ClF6NO3S. The molecule has 1 aromatic heterocycles. The van der Waals surface area contributed by atoms with Gasteiger partial charge in [-0.05, 0) is 47.8 Å². The van der Waals surface area contributed by atoms with Gasteiger partial charge in [0.15, 0.2) is 17.4 Å². The van der Waals surface area contributed by atoms with Crippen molar-refractivity contribution in [2.24, 2.45) is 0 Å². The van der Waals surface area contributed by atoms with Crippen molar-refractivity contribution in [1.82, 2.24) is 4.37 Å². The molecule has 0 radical (unpaired) electrons. The number of alkyl halides is 3. The Morgan fingerprint density at radius 1 is 1.09 bits per heavy atom. The van der Waals surface area contributed by atoms with E-state index in [1.165, 1.54) is 6.07 Å². The van der Waals surface area contributed by atoms with E-state index in [1.807, 2.05) is 0 Å². The number of ether oxygens (including phenoxy) is 1. The fourth-order valence-electron chi connectivity index (χ4n) is 2.83. The highest BCUT2D eigenvalue weighted by Gasteiger charge is 2.38. The first-order valence-electron chi connectivity index (χ1n) is 8.81. The Kier molecular flexibility index (Phi) is 6.99. The highest BCUT2D eigenvalue weighted by atomic mass is 35.5. The molecule has 0 saturated carbocycles. The molecule has 12 heteroatoms. The Balaban J connectivity index is 1.94. The lowest BCUT2D eigenvalue weighted by Gasteiger charge is -2.13. The van der Waals surface area contributed by atoms with Gasteiger partial charge in [-0.3, -0.25) is 4.79 Å². The molecule has 0 amide bonds. The minimum atomic E-state index is -4.84. The molecule has 4 nitrogen and oxygen atoms in total. The van der Waals surface area contributed by atoms with Gasteiger partial charge < -0.3 is 9.84 Å². The van der Waals surface area contributed by atoms with Crippen LogP contribution in [0.4, 0.5) is 26.3 Å². The Hall–Kier alpha value is -2.79. The SMILES string of the molecule is O=C(O)CCc1cc(F)c(OCc2c(-c3ccc(Cl)c(F)c3)nsc2C(F)(F)F)c(F)c1. The van der Waals surface area contributed by atoms with Gasteiger partial charge in [-0.1, -0.05) is 17.7 Å². The van der Waals surface area contributed by atoms with Crippen molar-refractivity contribution in [1.29, 1.82) is 0 Å². The molecule has 0 saturated heterocycles. The van der Waals surface area contributed by atoms with E-state index in [1.54, 1.807) is 0 Å². The maximum atomic E-state index is 14.3. The number of carbonyl (C=O) groups is 1. The maximum Gasteiger partial charge on any atom is 0.427 e. The average molecular weight is 496 g/mol. The van der Waals surface area contributed by atoms with E-state index in [-0.39, 0.29) is 46.2 Å². The lowest BCUT2D eigenvalue weighted by atomic mass is 10.1. The molecule has 0 aliphatic heterocycles. The Labute approximate surface area is 186 Å². The molecule has 0 aliphatic carbocycles. The van der Waals surface area contributed by atoms with Crippen LogP contribution in [-0.2, 0) is 24.0 Å². The normalized spacial score (nSPS) is 11.6. The van der Waals surface area contributed by atoms with Gasteiger partial charge in [-0.15, -0.1) is 0 Å². The molecule has 3 rings (SSSR count). The molecule has 2 aromatic carbocycles. The van der Waals surface area contributed by atoms with Crippen LogP contribution >= 0.6 is 23.1 Å². The molecule has 170 valence electrons. The van der Waals surface area contributed by atoms with Gasteiger partial charge >= 0.3 is 12.1 Å². The third-order valence-corrected chi connectivity index (χ3v) is 5.53. The largest absolute Gasteiger partial charge is 0.483 e. The van der Waals surface area contributed by atoms with E-state index < -0.39 is 52.4 Å². The first-order chi connectivity index (χ1) is 15.0. The zero-order valence-electron chi connectivity index (χ0n) is 15.8. The topological polar surface area (TPSA) is 59.4 Å². The number of nitrogens with zero attached hydrogens (tertiary/aromatic N) is 1. The van der Waals surface area contributed by atoms with Gasteiger partial charge in [-0.25, -0.2) is 13.2 Å². The van der Waals surface area contributed by atoms with Crippen LogP contribution in [0, 0.1) is 17.5 Å². The molecule has 0 bridgehead atoms. The fourth-order valence-corrected chi connectivity index (χ4v) is 3.71. The number of rotatable bonds is 7. The van der Waals surface area contributed by atoms with Crippen LogP contribution in [-0.4, -0.2) is 15.4 Å². The molecule has 1 N–H and O–H groups in total. The first kappa shape index (κ1) is 23.9. The summed E-state index contributed by atoms with van der Waals surface area (Å²) < 4.78 is 91.5. The molecular weight excluding hydrogens is 484 g/mol. The van der Waals surface area contributed by atoms with Gasteiger partial charge in [0, 0.05) is 17.5 Å². The smallest absolute Gasteiger partial charge is 0.427 e. The summed E-state index contributed by atoms with van der Waals surface area (Å²) in [5, 5.41) is 8.42. The number of aliphatic carboxylic acids is 1. The number of carboxylic acids is 1. The highest BCUT2D eigenvalue weighted by molar-refractivity contribution is 7.06. The van der Waals surface area contributed by atoms with Gasteiger partial charge in [-0.2, -0.15) is 17.5 Å². The molecule has 0 spiro atoms.